The lowest BCUT2D eigenvalue weighted by molar-refractivity contribution is -0.161. The van der Waals surface area contributed by atoms with Crippen LogP contribution in [0.1, 0.15) is 19.8 Å². The Morgan fingerprint density at radius 3 is 2.69 bits per heavy atom. The molecule has 1 aliphatic rings. The van der Waals surface area contributed by atoms with Crippen molar-refractivity contribution in [3.8, 4) is 0 Å². The van der Waals surface area contributed by atoms with Crippen LogP contribution < -0.4 is 0 Å². The van der Waals surface area contributed by atoms with Gasteiger partial charge in [-0.3, -0.25) is 4.79 Å². The molecule has 1 N–H and O–H groups in total. The summed E-state index contributed by atoms with van der Waals surface area (Å²) in [6, 6.07) is 0. The standard InChI is InChI=1S/C11H21NO4/c1-3-4-11(14)8-12(9-11)10(13)7-16-6-5-15-2/h14H,3-9H2,1-2H3. The van der Waals surface area contributed by atoms with Gasteiger partial charge in [0.2, 0.25) is 5.91 Å². The van der Waals surface area contributed by atoms with E-state index in [-0.39, 0.29) is 12.5 Å². The number of likely N-dealkylation sites (tertiary alicyclic amines) is 1. The van der Waals surface area contributed by atoms with Crippen LogP contribution in [-0.4, -0.2) is 61.5 Å². The summed E-state index contributed by atoms with van der Waals surface area (Å²) in [7, 11) is 1.59. The fraction of sp³-hybridized carbons (Fsp3) is 0.909. The van der Waals surface area contributed by atoms with E-state index in [0.29, 0.717) is 26.3 Å². The first-order chi connectivity index (χ1) is 7.61. The van der Waals surface area contributed by atoms with Gasteiger partial charge in [0, 0.05) is 7.11 Å². The topological polar surface area (TPSA) is 59.0 Å². The highest BCUT2D eigenvalue weighted by atomic mass is 16.5. The number of methoxy groups -OCH3 is 1. The van der Waals surface area contributed by atoms with Gasteiger partial charge in [-0.2, -0.15) is 0 Å². The molecule has 0 radical (unpaired) electrons. The summed E-state index contributed by atoms with van der Waals surface area (Å²) in [6.45, 7) is 3.89. The maximum Gasteiger partial charge on any atom is 0.248 e. The molecular weight excluding hydrogens is 210 g/mol. The number of nitrogens with zero attached hydrogens (tertiary/aromatic N) is 1. The third-order valence-electron chi connectivity index (χ3n) is 2.70. The van der Waals surface area contributed by atoms with Crippen molar-refractivity contribution >= 4 is 5.91 Å². The van der Waals surface area contributed by atoms with E-state index in [9.17, 15) is 9.90 Å². The first-order valence-electron chi connectivity index (χ1n) is 5.68. The summed E-state index contributed by atoms with van der Waals surface area (Å²) in [6.07, 6.45) is 1.68. The van der Waals surface area contributed by atoms with Crippen molar-refractivity contribution in [2.75, 3.05) is 40.0 Å². The zero-order valence-corrected chi connectivity index (χ0v) is 10.1. The number of aliphatic hydroxyl groups is 1. The first-order valence-corrected chi connectivity index (χ1v) is 5.68. The summed E-state index contributed by atoms with van der Waals surface area (Å²) in [5, 5.41) is 9.88. The maximum atomic E-state index is 11.5. The van der Waals surface area contributed by atoms with Gasteiger partial charge in [0.25, 0.3) is 0 Å². The van der Waals surface area contributed by atoms with E-state index in [1.54, 1.807) is 12.0 Å². The summed E-state index contributed by atoms with van der Waals surface area (Å²) in [4.78, 5) is 13.2. The van der Waals surface area contributed by atoms with Crippen molar-refractivity contribution in [2.24, 2.45) is 0 Å². The van der Waals surface area contributed by atoms with Gasteiger partial charge in [-0.05, 0) is 6.42 Å². The van der Waals surface area contributed by atoms with Gasteiger partial charge in [-0.1, -0.05) is 13.3 Å². The van der Waals surface area contributed by atoms with Crippen LogP contribution >= 0.6 is 0 Å². The highest BCUT2D eigenvalue weighted by Crippen LogP contribution is 2.25. The van der Waals surface area contributed by atoms with Crippen molar-refractivity contribution in [1.82, 2.24) is 4.90 Å². The van der Waals surface area contributed by atoms with Crippen LogP contribution in [0.2, 0.25) is 0 Å². The van der Waals surface area contributed by atoms with Crippen LogP contribution in [0.5, 0.6) is 0 Å². The van der Waals surface area contributed by atoms with Crippen molar-refractivity contribution in [2.45, 2.75) is 25.4 Å². The van der Waals surface area contributed by atoms with Gasteiger partial charge in [-0.25, -0.2) is 0 Å². The number of amides is 1. The smallest absolute Gasteiger partial charge is 0.248 e. The lowest BCUT2D eigenvalue weighted by atomic mass is 9.89. The Balaban J connectivity index is 2.12. The molecule has 1 aliphatic heterocycles. The van der Waals surface area contributed by atoms with E-state index < -0.39 is 5.60 Å². The molecule has 0 aromatic heterocycles. The normalized spacial score (nSPS) is 18.3. The predicted molar refractivity (Wildman–Crippen MR) is 59.1 cm³/mol. The molecule has 0 aliphatic carbocycles. The highest BCUT2D eigenvalue weighted by Gasteiger charge is 2.42. The Labute approximate surface area is 96.3 Å². The molecule has 1 amide bonds. The summed E-state index contributed by atoms with van der Waals surface area (Å²) < 4.78 is 9.92. The third-order valence-corrected chi connectivity index (χ3v) is 2.70. The molecule has 1 heterocycles. The van der Waals surface area contributed by atoms with Gasteiger partial charge in [0.05, 0.1) is 31.9 Å². The molecule has 0 bridgehead atoms. The van der Waals surface area contributed by atoms with E-state index >= 15 is 0 Å². The van der Waals surface area contributed by atoms with Crippen LogP contribution in [0.3, 0.4) is 0 Å². The predicted octanol–water partition coefficient (Wildman–Crippen LogP) is 0.0228. The van der Waals surface area contributed by atoms with Crippen LogP contribution in [0, 0.1) is 0 Å². The minimum Gasteiger partial charge on any atom is -0.386 e. The maximum absolute atomic E-state index is 11.5. The van der Waals surface area contributed by atoms with Gasteiger partial charge >= 0.3 is 0 Å². The van der Waals surface area contributed by atoms with E-state index in [2.05, 4.69) is 0 Å². The van der Waals surface area contributed by atoms with Crippen molar-refractivity contribution in [1.29, 1.82) is 0 Å². The Morgan fingerprint density at radius 1 is 1.44 bits per heavy atom. The van der Waals surface area contributed by atoms with E-state index in [1.165, 1.54) is 0 Å². The molecule has 5 heteroatoms. The van der Waals surface area contributed by atoms with Crippen molar-refractivity contribution in [3.05, 3.63) is 0 Å². The Kier molecular flexibility index (Phi) is 5.18. The number of carbonyl (C=O) groups is 1. The Bertz CT molecular complexity index is 226. The van der Waals surface area contributed by atoms with Crippen molar-refractivity contribution in [3.63, 3.8) is 0 Å². The average Bonchev–Trinajstić information content (AvgIpc) is 2.21. The lowest BCUT2D eigenvalue weighted by Gasteiger charge is -2.46. The van der Waals surface area contributed by atoms with Gasteiger partial charge in [0.1, 0.15) is 6.61 Å². The summed E-state index contributed by atoms with van der Waals surface area (Å²) in [5.74, 6) is -0.0584. The monoisotopic (exact) mass is 231 g/mol. The molecule has 1 saturated heterocycles. The molecule has 94 valence electrons. The fourth-order valence-electron chi connectivity index (χ4n) is 1.86. The molecule has 16 heavy (non-hydrogen) atoms. The van der Waals surface area contributed by atoms with E-state index in [1.807, 2.05) is 6.92 Å². The number of hydrogen-bond donors (Lipinski definition) is 1. The zero-order valence-electron chi connectivity index (χ0n) is 10.1. The largest absolute Gasteiger partial charge is 0.386 e. The molecule has 5 nitrogen and oxygen atoms in total. The van der Waals surface area contributed by atoms with Crippen molar-refractivity contribution < 1.29 is 19.4 Å². The molecule has 0 aromatic rings. The quantitative estimate of drug-likeness (QED) is 0.628. The number of hydrogen-bond acceptors (Lipinski definition) is 4. The van der Waals surface area contributed by atoms with E-state index in [4.69, 9.17) is 9.47 Å². The fourth-order valence-corrected chi connectivity index (χ4v) is 1.86. The van der Waals surface area contributed by atoms with E-state index in [0.717, 1.165) is 12.8 Å². The minimum atomic E-state index is -0.656. The number of ether oxygens (including phenoxy) is 2. The third kappa shape index (κ3) is 3.73. The van der Waals surface area contributed by atoms with Gasteiger partial charge in [-0.15, -0.1) is 0 Å². The van der Waals surface area contributed by atoms with Crippen LogP contribution in [0.4, 0.5) is 0 Å². The Morgan fingerprint density at radius 2 is 2.12 bits per heavy atom. The molecule has 0 aromatic carbocycles. The SMILES string of the molecule is CCCC1(O)CN(C(=O)COCCOC)C1. The molecule has 1 rings (SSSR count). The average molecular weight is 231 g/mol. The number of carbonyl (C=O) groups excluding carboxylic acids is 1. The molecular formula is C11H21NO4. The molecule has 0 atom stereocenters. The summed E-state index contributed by atoms with van der Waals surface area (Å²) in [5.41, 5.74) is -0.656. The second-order valence-electron chi connectivity index (χ2n) is 4.27. The zero-order chi connectivity index (χ0) is 12.0. The number of rotatable bonds is 7. The molecule has 0 saturated carbocycles. The first kappa shape index (κ1) is 13.4. The van der Waals surface area contributed by atoms with Gasteiger partial charge in [0.15, 0.2) is 0 Å². The van der Waals surface area contributed by atoms with Gasteiger partial charge < -0.3 is 19.5 Å². The second-order valence-corrected chi connectivity index (χ2v) is 4.27. The van der Waals surface area contributed by atoms with Crippen LogP contribution in [0.25, 0.3) is 0 Å². The molecule has 0 spiro atoms. The molecule has 0 unspecified atom stereocenters. The van der Waals surface area contributed by atoms with Crippen LogP contribution in [-0.2, 0) is 14.3 Å². The Hall–Kier alpha value is -0.650. The van der Waals surface area contributed by atoms with Crippen LogP contribution in [0.15, 0.2) is 0 Å². The number of β-amino-alcohol motifs (C(OH)–C–C–N with tert-alkyl or cyclic N) is 1. The second kappa shape index (κ2) is 6.18. The summed E-state index contributed by atoms with van der Waals surface area (Å²) >= 11 is 0. The molecule has 1 fully saturated rings. The minimum absolute atomic E-state index is 0.0584. The lowest BCUT2D eigenvalue weighted by Crippen LogP contribution is -2.64. The highest BCUT2D eigenvalue weighted by molar-refractivity contribution is 5.78.